The number of hydrogen-bond acceptors (Lipinski definition) is 3. The number of aldehydes is 1. The molecule has 0 unspecified atom stereocenters. The average Bonchev–Trinajstić information content (AvgIpc) is 1.65. The van der Waals surface area contributed by atoms with E-state index in [9.17, 15) is 9.59 Å². The van der Waals surface area contributed by atoms with Gasteiger partial charge in [-0.3, -0.25) is 4.79 Å². The standard InChI is InChI=1S/C4H7NO3.Na.H/c5-3(2-6)1-4(7)8;;/h2-3H,1,5H2,(H,7,8);;/t3-;;/m0../s1. The van der Waals surface area contributed by atoms with Gasteiger partial charge in [-0.2, -0.15) is 0 Å². The summed E-state index contributed by atoms with van der Waals surface area (Å²) < 4.78 is 0. The van der Waals surface area contributed by atoms with E-state index in [2.05, 4.69) is 0 Å². The normalized spacial score (nSPS) is 11.2. The van der Waals surface area contributed by atoms with Crippen LogP contribution in [0.5, 0.6) is 0 Å². The van der Waals surface area contributed by atoms with Gasteiger partial charge in [-0.1, -0.05) is 0 Å². The van der Waals surface area contributed by atoms with Crippen molar-refractivity contribution in [3.63, 3.8) is 0 Å². The molecule has 48 valence electrons. The summed E-state index contributed by atoms with van der Waals surface area (Å²) in [5.74, 6) is -1.05. The molecule has 0 amide bonds. The van der Waals surface area contributed by atoms with E-state index in [0.717, 1.165) is 0 Å². The van der Waals surface area contributed by atoms with Gasteiger partial charge in [0.2, 0.25) is 0 Å². The zero-order valence-corrected chi connectivity index (χ0v) is 4.20. The molecule has 0 rings (SSSR count). The predicted molar refractivity (Wildman–Crippen MR) is 33.4 cm³/mol. The third-order valence-electron chi connectivity index (χ3n) is 0.585. The zero-order valence-electron chi connectivity index (χ0n) is 4.20. The van der Waals surface area contributed by atoms with Gasteiger partial charge in [-0.05, 0) is 0 Å². The van der Waals surface area contributed by atoms with Crippen molar-refractivity contribution in [3.8, 4) is 0 Å². The molecule has 0 bridgehead atoms. The van der Waals surface area contributed by atoms with E-state index in [1.54, 1.807) is 0 Å². The van der Waals surface area contributed by atoms with Gasteiger partial charge in [0.15, 0.2) is 0 Å². The molecule has 0 aromatic rings. The molecule has 0 aromatic carbocycles. The molecule has 3 N–H and O–H groups in total. The van der Waals surface area contributed by atoms with Crippen molar-refractivity contribution in [2.24, 2.45) is 5.73 Å². The van der Waals surface area contributed by atoms with Crippen molar-refractivity contribution in [1.82, 2.24) is 0 Å². The molecule has 1 atom stereocenters. The first-order chi connectivity index (χ1) is 3.66. The Morgan fingerprint density at radius 1 is 1.78 bits per heavy atom. The molecule has 0 aliphatic heterocycles. The van der Waals surface area contributed by atoms with Crippen LogP contribution in [0.25, 0.3) is 0 Å². The van der Waals surface area contributed by atoms with E-state index in [4.69, 9.17) is 10.8 Å². The van der Waals surface area contributed by atoms with Crippen LogP contribution in [-0.4, -0.2) is 53.0 Å². The second-order valence-electron chi connectivity index (χ2n) is 1.40. The van der Waals surface area contributed by atoms with Gasteiger partial charge >= 0.3 is 35.5 Å². The first-order valence-electron chi connectivity index (χ1n) is 2.09. The van der Waals surface area contributed by atoms with Crippen LogP contribution >= 0.6 is 0 Å². The summed E-state index contributed by atoms with van der Waals surface area (Å²) in [5.41, 5.74) is 4.92. The van der Waals surface area contributed by atoms with Crippen molar-refractivity contribution in [2.45, 2.75) is 12.5 Å². The van der Waals surface area contributed by atoms with Gasteiger partial charge in [0.1, 0.15) is 6.29 Å². The fourth-order valence-electron chi connectivity index (χ4n) is 0.250. The van der Waals surface area contributed by atoms with Crippen LogP contribution in [0.3, 0.4) is 0 Å². The zero-order chi connectivity index (χ0) is 6.57. The molecule has 4 nitrogen and oxygen atoms in total. The van der Waals surface area contributed by atoms with Crippen LogP contribution in [0.2, 0.25) is 0 Å². The minimum atomic E-state index is -1.05. The molecule has 0 saturated carbocycles. The summed E-state index contributed by atoms with van der Waals surface area (Å²) >= 11 is 0. The van der Waals surface area contributed by atoms with E-state index >= 15 is 0 Å². The van der Waals surface area contributed by atoms with E-state index in [0.29, 0.717) is 6.29 Å². The van der Waals surface area contributed by atoms with Crippen LogP contribution in [0.4, 0.5) is 0 Å². The summed E-state index contributed by atoms with van der Waals surface area (Å²) in [5, 5.41) is 7.98. The monoisotopic (exact) mass is 141 g/mol. The van der Waals surface area contributed by atoms with E-state index in [1.807, 2.05) is 0 Å². The second-order valence-corrected chi connectivity index (χ2v) is 1.40. The van der Waals surface area contributed by atoms with Gasteiger partial charge in [0.05, 0.1) is 12.5 Å². The van der Waals surface area contributed by atoms with Gasteiger partial charge in [-0.15, -0.1) is 0 Å². The summed E-state index contributed by atoms with van der Waals surface area (Å²) in [4.78, 5) is 19.4. The first kappa shape index (κ1) is 11.8. The second kappa shape index (κ2) is 6.22. The number of nitrogens with two attached hydrogens (primary N) is 1. The Bertz CT molecular complexity index is 106. The van der Waals surface area contributed by atoms with E-state index < -0.39 is 12.0 Å². The molecule has 9 heavy (non-hydrogen) atoms. The van der Waals surface area contributed by atoms with Gasteiger partial charge in [0.25, 0.3) is 0 Å². The molecule has 0 fully saturated rings. The minimum absolute atomic E-state index is 0. The maximum absolute atomic E-state index is 9.73. The topological polar surface area (TPSA) is 80.4 Å². The van der Waals surface area contributed by atoms with Gasteiger partial charge < -0.3 is 15.6 Å². The molecular weight excluding hydrogens is 133 g/mol. The van der Waals surface area contributed by atoms with Crippen LogP contribution in [0.1, 0.15) is 6.42 Å². The molecule has 0 heterocycles. The summed E-state index contributed by atoms with van der Waals surface area (Å²) in [6.45, 7) is 0. The number of carboxylic acid groups (broad SMARTS) is 1. The van der Waals surface area contributed by atoms with Crippen molar-refractivity contribution in [3.05, 3.63) is 0 Å². The first-order valence-corrected chi connectivity index (χ1v) is 2.09. The number of carbonyl (C=O) groups excluding carboxylic acids is 1. The third-order valence-corrected chi connectivity index (χ3v) is 0.585. The van der Waals surface area contributed by atoms with Crippen molar-refractivity contribution in [1.29, 1.82) is 0 Å². The Morgan fingerprint density at radius 3 is 2.33 bits per heavy atom. The Hall–Kier alpha value is 0.100. The van der Waals surface area contributed by atoms with Crippen LogP contribution < -0.4 is 5.73 Å². The fraction of sp³-hybridized carbons (Fsp3) is 0.500. The molecule has 0 aliphatic rings. The van der Waals surface area contributed by atoms with Crippen molar-refractivity contribution >= 4 is 41.8 Å². The molecule has 0 radical (unpaired) electrons. The quantitative estimate of drug-likeness (QED) is 0.364. The number of carboxylic acids is 1. The van der Waals surface area contributed by atoms with Crippen molar-refractivity contribution in [2.75, 3.05) is 0 Å². The van der Waals surface area contributed by atoms with Gasteiger partial charge in [0, 0.05) is 0 Å². The Morgan fingerprint density at radius 2 is 2.22 bits per heavy atom. The number of hydrogen-bond donors (Lipinski definition) is 2. The van der Waals surface area contributed by atoms with Crippen LogP contribution in [-0.2, 0) is 9.59 Å². The molecule has 0 saturated heterocycles. The maximum atomic E-state index is 9.73. The van der Waals surface area contributed by atoms with E-state index in [-0.39, 0.29) is 36.0 Å². The number of carbonyl (C=O) groups is 2. The van der Waals surface area contributed by atoms with Gasteiger partial charge in [-0.25, -0.2) is 0 Å². The Labute approximate surface area is 74.7 Å². The fourth-order valence-corrected chi connectivity index (χ4v) is 0.250. The average molecular weight is 141 g/mol. The van der Waals surface area contributed by atoms with Crippen molar-refractivity contribution < 1.29 is 14.7 Å². The van der Waals surface area contributed by atoms with Crippen LogP contribution in [0, 0.1) is 0 Å². The Balaban J connectivity index is 0. The predicted octanol–water partition coefficient (Wildman–Crippen LogP) is -1.66. The molecule has 0 spiro atoms. The molecule has 5 heteroatoms. The number of aliphatic carboxylic acids is 1. The summed E-state index contributed by atoms with van der Waals surface area (Å²) in [7, 11) is 0. The SMILES string of the molecule is N[C@H](C=O)CC(=O)O.[NaH]. The molecule has 0 aromatic heterocycles. The summed E-state index contributed by atoms with van der Waals surface area (Å²) in [6, 6.07) is -0.854. The third kappa shape index (κ3) is 8.10. The summed E-state index contributed by atoms with van der Waals surface area (Å²) in [6.07, 6.45) is 0.123. The van der Waals surface area contributed by atoms with Crippen LogP contribution in [0.15, 0.2) is 0 Å². The molecular formula is C4H8NNaO3. The molecule has 0 aliphatic carbocycles. The Kier molecular flexibility index (Phi) is 8.19. The van der Waals surface area contributed by atoms with E-state index in [1.165, 1.54) is 0 Å². The number of rotatable bonds is 3.